The Labute approximate surface area is 120 Å². The van der Waals surface area contributed by atoms with E-state index in [1.165, 1.54) is 12.3 Å². The van der Waals surface area contributed by atoms with Crippen LogP contribution in [0, 0.1) is 0 Å². The standard InChI is InChI=1S/C12H13Cl2N3O2/c13-8-5-7(6-16-10(8)14)11(18)17-9-3-1-2-4-15-12(9)19/h5-6,9H,1-4H2,(H,15,19)(H,17,18). The first kappa shape index (κ1) is 14.1. The Balaban J connectivity index is 2.07. The first-order valence-corrected chi connectivity index (χ1v) is 6.73. The third kappa shape index (κ3) is 3.58. The fourth-order valence-corrected chi connectivity index (χ4v) is 2.13. The van der Waals surface area contributed by atoms with Crippen LogP contribution in [0.4, 0.5) is 0 Å². The summed E-state index contributed by atoms with van der Waals surface area (Å²) in [4.78, 5) is 27.5. The maximum Gasteiger partial charge on any atom is 0.253 e. The number of halogens is 2. The number of carbonyl (C=O) groups is 2. The fourth-order valence-electron chi connectivity index (χ4n) is 1.86. The lowest BCUT2D eigenvalue weighted by Gasteiger charge is -2.15. The van der Waals surface area contributed by atoms with Crippen molar-refractivity contribution in [2.45, 2.75) is 25.3 Å². The molecule has 1 aliphatic heterocycles. The van der Waals surface area contributed by atoms with Crippen molar-refractivity contribution in [1.29, 1.82) is 0 Å². The summed E-state index contributed by atoms with van der Waals surface area (Å²) >= 11 is 11.5. The molecule has 2 N–H and O–H groups in total. The molecule has 1 aromatic heterocycles. The summed E-state index contributed by atoms with van der Waals surface area (Å²) in [6.07, 6.45) is 3.78. The Hall–Kier alpha value is -1.33. The quantitative estimate of drug-likeness (QED) is 0.818. The maximum atomic E-state index is 12.0. The van der Waals surface area contributed by atoms with E-state index in [0.29, 0.717) is 13.0 Å². The van der Waals surface area contributed by atoms with E-state index in [0.717, 1.165) is 12.8 Å². The SMILES string of the molecule is O=C(NC1CCCCNC1=O)c1cnc(Cl)c(Cl)c1. The van der Waals surface area contributed by atoms with Crippen molar-refractivity contribution in [2.75, 3.05) is 6.54 Å². The van der Waals surface area contributed by atoms with Crippen LogP contribution in [0.1, 0.15) is 29.6 Å². The second-order valence-corrected chi connectivity index (χ2v) is 5.07. The van der Waals surface area contributed by atoms with Gasteiger partial charge in [-0.15, -0.1) is 0 Å². The van der Waals surface area contributed by atoms with Crippen molar-refractivity contribution in [3.8, 4) is 0 Å². The molecular formula is C12H13Cl2N3O2. The third-order valence-electron chi connectivity index (χ3n) is 2.90. The minimum absolute atomic E-state index is 0.144. The molecule has 0 saturated carbocycles. The Bertz CT molecular complexity index is 508. The van der Waals surface area contributed by atoms with Gasteiger partial charge in [0.2, 0.25) is 5.91 Å². The van der Waals surface area contributed by atoms with Gasteiger partial charge >= 0.3 is 0 Å². The number of aromatic nitrogens is 1. The second kappa shape index (κ2) is 6.21. The van der Waals surface area contributed by atoms with E-state index >= 15 is 0 Å². The lowest BCUT2D eigenvalue weighted by molar-refractivity contribution is -0.122. The first-order chi connectivity index (χ1) is 9.08. The summed E-state index contributed by atoms with van der Waals surface area (Å²) in [6, 6.07) is 0.922. The normalized spacial score (nSPS) is 19.5. The van der Waals surface area contributed by atoms with Gasteiger partial charge in [-0.1, -0.05) is 23.2 Å². The van der Waals surface area contributed by atoms with Crippen LogP contribution in [0.25, 0.3) is 0 Å². The highest BCUT2D eigenvalue weighted by Crippen LogP contribution is 2.19. The van der Waals surface area contributed by atoms with Crippen molar-refractivity contribution in [3.63, 3.8) is 0 Å². The van der Waals surface area contributed by atoms with Crippen LogP contribution in [0.3, 0.4) is 0 Å². The molecule has 0 aromatic carbocycles. The Morgan fingerprint density at radius 3 is 2.95 bits per heavy atom. The van der Waals surface area contributed by atoms with Crippen LogP contribution in [-0.2, 0) is 4.79 Å². The molecule has 0 aliphatic carbocycles. The van der Waals surface area contributed by atoms with E-state index in [4.69, 9.17) is 23.2 Å². The molecule has 5 nitrogen and oxygen atoms in total. The minimum atomic E-state index is -0.510. The molecule has 19 heavy (non-hydrogen) atoms. The van der Waals surface area contributed by atoms with Gasteiger partial charge in [0, 0.05) is 12.7 Å². The topological polar surface area (TPSA) is 71.1 Å². The molecule has 0 spiro atoms. The zero-order valence-electron chi connectivity index (χ0n) is 10.1. The van der Waals surface area contributed by atoms with Gasteiger partial charge < -0.3 is 10.6 Å². The van der Waals surface area contributed by atoms with Crippen molar-refractivity contribution in [3.05, 3.63) is 28.0 Å². The first-order valence-electron chi connectivity index (χ1n) is 5.97. The highest BCUT2D eigenvalue weighted by molar-refractivity contribution is 6.41. The monoisotopic (exact) mass is 301 g/mol. The lowest BCUT2D eigenvalue weighted by atomic mass is 10.1. The predicted octanol–water partition coefficient (Wildman–Crippen LogP) is 1.79. The van der Waals surface area contributed by atoms with Crippen molar-refractivity contribution in [2.24, 2.45) is 0 Å². The van der Waals surface area contributed by atoms with Gasteiger partial charge in [-0.2, -0.15) is 0 Å². The molecule has 0 bridgehead atoms. The number of pyridine rings is 1. The largest absolute Gasteiger partial charge is 0.354 e. The Morgan fingerprint density at radius 1 is 1.42 bits per heavy atom. The van der Waals surface area contributed by atoms with Crippen LogP contribution in [0.5, 0.6) is 0 Å². The summed E-state index contributed by atoms with van der Waals surface area (Å²) in [6.45, 7) is 0.652. The molecule has 0 radical (unpaired) electrons. The van der Waals surface area contributed by atoms with Crippen molar-refractivity contribution >= 4 is 35.0 Å². The zero-order valence-corrected chi connectivity index (χ0v) is 11.6. The molecule has 1 aromatic rings. The summed E-state index contributed by atoms with van der Waals surface area (Å²) in [5.74, 6) is -0.535. The van der Waals surface area contributed by atoms with E-state index in [-0.39, 0.29) is 27.6 Å². The molecule has 1 aliphatic rings. The van der Waals surface area contributed by atoms with Crippen molar-refractivity contribution in [1.82, 2.24) is 15.6 Å². The molecule has 102 valence electrons. The molecule has 1 fully saturated rings. The van der Waals surface area contributed by atoms with Crippen LogP contribution in [0.2, 0.25) is 10.2 Å². The summed E-state index contributed by atoms with van der Waals surface area (Å²) in [5, 5.41) is 5.79. The number of rotatable bonds is 2. The summed E-state index contributed by atoms with van der Waals surface area (Å²) in [5.41, 5.74) is 0.284. The van der Waals surface area contributed by atoms with Gasteiger partial charge in [0.1, 0.15) is 11.2 Å². The molecule has 1 unspecified atom stereocenters. The van der Waals surface area contributed by atoms with Gasteiger partial charge in [0.05, 0.1) is 10.6 Å². The van der Waals surface area contributed by atoms with Crippen LogP contribution < -0.4 is 10.6 Å². The third-order valence-corrected chi connectivity index (χ3v) is 3.59. The average molecular weight is 302 g/mol. The Morgan fingerprint density at radius 2 is 2.21 bits per heavy atom. The second-order valence-electron chi connectivity index (χ2n) is 4.31. The zero-order chi connectivity index (χ0) is 13.8. The predicted molar refractivity (Wildman–Crippen MR) is 72.4 cm³/mol. The highest BCUT2D eigenvalue weighted by Gasteiger charge is 2.23. The molecule has 2 rings (SSSR count). The van der Waals surface area contributed by atoms with Crippen LogP contribution in [-0.4, -0.2) is 29.4 Å². The van der Waals surface area contributed by atoms with Gasteiger partial charge in [-0.3, -0.25) is 9.59 Å². The molecule has 2 amide bonds. The van der Waals surface area contributed by atoms with Gasteiger partial charge in [0.25, 0.3) is 5.91 Å². The number of amides is 2. The van der Waals surface area contributed by atoms with E-state index in [9.17, 15) is 9.59 Å². The summed E-state index contributed by atoms with van der Waals surface area (Å²) in [7, 11) is 0. The molecule has 7 heteroatoms. The lowest BCUT2D eigenvalue weighted by Crippen LogP contribution is -2.45. The molecule has 2 heterocycles. The average Bonchev–Trinajstić information content (AvgIpc) is 2.58. The Kier molecular flexibility index (Phi) is 4.61. The smallest absolute Gasteiger partial charge is 0.253 e. The maximum absolute atomic E-state index is 12.0. The number of hydrogen-bond acceptors (Lipinski definition) is 3. The van der Waals surface area contributed by atoms with E-state index < -0.39 is 6.04 Å². The fraction of sp³-hybridized carbons (Fsp3) is 0.417. The van der Waals surface area contributed by atoms with Crippen LogP contribution in [0.15, 0.2) is 12.3 Å². The molecular weight excluding hydrogens is 289 g/mol. The van der Waals surface area contributed by atoms with E-state index in [1.807, 2.05) is 0 Å². The van der Waals surface area contributed by atoms with E-state index in [2.05, 4.69) is 15.6 Å². The molecule has 1 saturated heterocycles. The summed E-state index contributed by atoms with van der Waals surface area (Å²) < 4.78 is 0. The highest BCUT2D eigenvalue weighted by atomic mass is 35.5. The van der Waals surface area contributed by atoms with Gasteiger partial charge in [-0.05, 0) is 25.3 Å². The number of hydrogen-bond donors (Lipinski definition) is 2. The van der Waals surface area contributed by atoms with Crippen LogP contribution >= 0.6 is 23.2 Å². The van der Waals surface area contributed by atoms with E-state index in [1.54, 1.807) is 0 Å². The number of nitrogens with zero attached hydrogens (tertiary/aromatic N) is 1. The van der Waals surface area contributed by atoms with Crippen molar-refractivity contribution < 1.29 is 9.59 Å². The number of carbonyl (C=O) groups excluding carboxylic acids is 2. The van der Waals surface area contributed by atoms with Gasteiger partial charge in [-0.25, -0.2) is 4.98 Å². The molecule has 1 atom stereocenters. The minimum Gasteiger partial charge on any atom is -0.354 e. The van der Waals surface area contributed by atoms with Gasteiger partial charge in [0.15, 0.2) is 0 Å². The number of nitrogens with one attached hydrogen (secondary N) is 2.